The van der Waals surface area contributed by atoms with Gasteiger partial charge in [-0.05, 0) is 43.3 Å². The lowest BCUT2D eigenvalue weighted by Crippen LogP contribution is -1.99. The molecule has 0 saturated carbocycles. The third-order valence-corrected chi connectivity index (χ3v) is 4.28. The van der Waals surface area contributed by atoms with Crippen molar-refractivity contribution >= 4 is 34.4 Å². The highest BCUT2D eigenvalue weighted by atomic mass is 32.2. The van der Waals surface area contributed by atoms with Crippen molar-refractivity contribution in [3.05, 3.63) is 42.5 Å². The van der Waals surface area contributed by atoms with Gasteiger partial charge >= 0.3 is 0 Å². The lowest BCUT2D eigenvalue weighted by Gasteiger charge is -2.12. The highest BCUT2D eigenvalue weighted by Gasteiger charge is 2.12. The number of methoxy groups -OCH3 is 2. The number of hydrogen-bond acceptors (Lipinski definition) is 7. The van der Waals surface area contributed by atoms with Gasteiger partial charge in [-0.25, -0.2) is 14.4 Å². The Morgan fingerprint density at radius 3 is 2.52 bits per heavy atom. The summed E-state index contributed by atoms with van der Waals surface area (Å²) in [5.74, 6) is 1.48. The van der Waals surface area contributed by atoms with E-state index < -0.39 is 0 Å². The Hall–Kier alpha value is -2.58. The van der Waals surface area contributed by atoms with E-state index in [-0.39, 0.29) is 5.82 Å². The van der Waals surface area contributed by atoms with E-state index >= 15 is 0 Å². The van der Waals surface area contributed by atoms with Gasteiger partial charge in [0.05, 0.1) is 24.6 Å². The van der Waals surface area contributed by atoms with E-state index in [1.54, 1.807) is 39.5 Å². The van der Waals surface area contributed by atoms with E-state index in [2.05, 4.69) is 20.0 Å². The number of rotatable bonds is 6. The van der Waals surface area contributed by atoms with E-state index in [0.29, 0.717) is 33.4 Å². The maximum atomic E-state index is 13.8. The smallest absolute Gasteiger partial charge is 0.162 e. The van der Waals surface area contributed by atoms with Crippen LogP contribution in [-0.2, 0) is 0 Å². The van der Waals surface area contributed by atoms with Crippen molar-refractivity contribution in [1.82, 2.24) is 14.7 Å². The second-order valence-electron chi connectivity index (χ2n) is 5.02. The molecule has 1 heterocycles. The summed E-state index contributed by atoms with van der Waals surface area (Å²) in [5, 5.41) is 3.98. The van der Waals surface area contributed by atoms with Gasteiger partial charge in [-0.1, -0.05) is 0 Å². The zero-order valence-corrected chi connectivity index (χ0v) is 14.8. The van der Waals surface area contributed by atoms with Crippen LogP contribution in [0.5, 0.6) is 11.5 Å². The van der Waals surface area contributed by atoms with Gasteiger partial charge in [0.15, 0.2) is 11.5 Å². The summed E-state index contributed by atoms with van der Waals surface area (Å²) in [6.45, 7) is 0. The number of aromatic nitrogens is 2. The Morgan fingerprint density at radius 2 is 1.80 bits per heavy atom. The van der Waals surface area contributed by atoms with Crippen molar-refractivity contribution < 1.29 is 13.9 Å². The van der Waals surface area contributed by atoms with Crippen LogP contribution >= 0.6 is 11.9 Å². The number of halogens is 1. The normalized spacial score (nSPS) is 10.7. The zero-order valence-electron chi connectivity index (χ0n) is 14.0. The number of anilines is 2. The maximum absolute atomic E-state index is 13.8. The van der Waals surface area contributed by atoms with Crippen LogP contribution in [0, 0.1) is 5.82 Å². The largest absolute Gasteiger partial charge is 0.493 e. The Bertz CT molecular complexity index is 907. The second-order valence-corrected chi connectivity index (χ2v) is 6.08. The minimum absolute atomic E-state index is 0.288. The lowest BCUT2D eigenvalue weighted by molar-refractivity contribution is 0.356. The monoisotopic (exact) mass is 360 g/mol. The van der Waals surface area contributed by atoms with Crippen molar-refractivity contribution in [1.29, 1.82) is 0 Å². The molecule has 0 saturated heterocycles. The molecule has 0 aliphatic carbocycles. The topological polar surface area (TPSA) is 68.3 Å². The standard InChI is InChI=1S/C17H17FN4O2S/c1-19-25-16-6-10(4-5-12(16)18)22-17-11-7-14(23-2)15(24-3)8-13(11)20-9-21-17/h4-9,19H,1-3H3,(H,20,21,22). The molecule has 25 heavy (non-hydrogen) atoms. The van der Waals surface area contributed by atoms with Crippen molar-refractivity contribution in [3.8, 4) is 11.5 Å². The first kappa shape index (κ1) is 17.2. The maximum Gasteiger partial charge on any atom is 0.162 e. The molecule has 1 aromatic heterocycles. The fourth-order valence-electron chi connectivity index (χ4n) is 2.39. The molecule has 8 heteroatoms. The molecule has 0 amide bonds. The van der Waals surface area contributed by atoms with Crippen molar-refractivity contribution in [2.24, 2.45) is 0 Å². The van der Waals surface area contributed by atoms with E-state index in [0.717, 1.165) is 5.39 Å². The first-order valence-electron chi connectivity index (χ1n) is 7.43. The van der Waals surface area contributed by atoms with Gasteiger partial charge in [0.25, 0.3) is 0 Å². The molecular weight excluding hydrogens is 343 g/mol. The summed E-state index contributed by atoms with van der Waals surface area (Å²) in [6.07, 6.45) is 1.46. The SMILES string of the molecule is CNSc1cc(Nc2ncnc3cc(OC)c(OC)cc23)ccc1F. The molecule has 0 radical (unpaired) electrons. The molecule has 2 N–H and O–H groups in total. The molecule has 3 rings (SSSR count). The molecule has 0 spiro atoms. The Labute approximate surface area is 148 Å². The van der Waals surface area contributed by atoms with E-state index in [9.17, 15) is 4.39 Å². The van der Waals surface area contributed by atoms with Gasteiger partial charge in [-0.15, -0.1) is 0 Å². The number of nitrogens with one attached hydrogen (secondary N) is 2. The molecule has 6 nitrogen and oxygen atoms in total. The zero-order chi connectivity index (χ0) is 17.8. The average molecular weight is 360 g/mol. The average Bonchev–Trinajstić information content (AvgIpc) is 2.63. The van der Waals surface area contributed by atoms with Crippen LogP contribution in [0.4, 0.5) is 15.9 Å². The van der Waals surface area contributed by atoms with Gasteiger partial charge in [-0.3, -0.25) is 4.72 Å². The summed E-state index contributed by atoms with van der Waals surface area (Å²) >= 11 is 1.21. The lowest BCUT2D eigenvalue weighted by atomic mass is 10.2. The summed E-state index contributed by atoms with van der Waals surface area (Å²) in [7, 11) is 4.88. The Balaban J connectivity index is 2.03. The van der Waals surface area contributed by atoms with Crippen LogP contribution in [0.3, 0.4) is 0 Å². The molecule has 2 aromatic carbocycles. The molecule has 3 aromatic rings. The molecule has 0 fully saturated rings. The Morgan fingerprint density at radius 1 is 1.04 bits per heavy atom. The fourth-order valence-corrected chi connectivity index (χ4v) is 2.96. The van der Waals surface area contributed by atoms with E-state index in [1.807, 2.05) is 6.07 Å². The van der Waals surface area contributed by atoms with Crippen LogP contribution in [0.25, 0.3) is 10.9 Å². The first-order chi connectivity index (χ1) is 12.2. The number of benzene rings is 2. The van der Waals surface area contributed by atoms with Crippen molar-refractivity contribution in [3.63, 3.8) is 0 Å². The molecule has 0 aliphatic heterocycles. The number of hydrogen-bond donors (Lipinski definition) is 2. The van der Waals surface area contributed by atoms with E-state index in [4.69, 9.17) is 9.47 Å². The molecule has 0 bridgehead atoms. The molecular formula is C17H17FN4O2S. The van der Waals surface area contributed by atoms with Crippen molar-refractivity contribution in [2.45, 2.75) is 4.90 Å². The predicted octanol–water partition coefficient (Wildman–Crippen LogP) is 3.76. The molecule has 130 valence electrons. The van der Waals surface area contributed by atoms with Gasteiger partial charge in [-0.2, -0.15) is 0 Å². The second kappa shape index (κ2) is 7.54. The van der Waals surface area contributed by atoms with Crippen molar-refractivity contribution in [2.75, 3.05) is 26.6 Å². The van der Waals surface area contributed by atoms with E-state index in [1.165, 1.54) is 24.3 Å². The molecule has 0 atom stereocenters. The van der Waals surface area contributed by atoms with Crippen LogP contribution < -0.4 is 19.5 Å². The summed E-state index contributed by atoms with van der Waals surface area (Å²) in [5.41, 5.74) is 1.43. The van der Waals surface area contributed by atoms with Gasteiger partial charge in [0.1, 0.15) is 18.0 Å². The van der Waals surface area contributed by atoms with Gasteiger partial charge < -0.3 is 14.8 Å². The summed E-state index contributed by atoms with van der Waals surface area (Å²) in [4.78, 5) is 9.06. The Kier molecular flexibility index (Phi) is 5.20. The minimum atomic E-state index is -0.288. The number of nitrogens with zero attached hydrogens (tertiary/aromatic N) is 2. The number of ether oxygens (including phenoxy) is 2. The highest BCUT2D eigenvalue weighted by Crippen LogP contribution is 2.34. The highest BCUT2D eigenvalue weighted by molar-refractivity contribution is 7.97. The third kappa shape index (κ3) is 3.59. The van der Waals surface area contributed by atoms with Gasteiger partial charge in [0.2, 0.25) is 0 Å². The summed E-state index contributed by atoms with van der Waals surface area (Å²) in [6, 6.07) is 8.38. The first-order valence-corrected chi connectivity index (χ1v) is 8.24. The molecule has 0 unspecified atom stereocenters. The fraction of sp³-hybridized carbons (Fsp3) is 0.176. The van der Waals surface area contributed by atoms with Crippen LogP contribution in [-0.4, -0.2) is 31.2 Å². The third-order valence-electron chi connectivity index (χ3n) is 3.55. The summed E-state index contributed by atoms with van der Waals surface area (Å²) < 4.78 is 27.3. The quantitative estimate of drug-likeness (QED) is 0.649. The van der Waals surface area contributed by atoms with Crippen LogP contribution in [0.1, 0.15) is 0 Å². The molecule has 0 aliphatic rings. The van der Waals surface area contributed by atoms with Gasteiger partial charge in [0, 0.05) is 17.1 Å². The van der Waals surface area contributed by atoms with Crippen LogP contribution in [0.2, 0.25) is 0 Å². The predicted molar refractivity (Wildman–Crippen MR) is 97.2 cm³/mol. The minimum Gasteiger partial charge on any atom is -0.493 e. The number of fused-ring (bicyclic) bond motifs is 1. The van der Waals surface area contributed by atoms with Crippen LogP contribution in [0.15, 0.2) is 41.6 Å².